The normalized spacial score (nSPS) is 20.2. The predicted molar refractivity (Wildman–Crippen MR) is 89.0 cm³/mol. The molecule has 1 aliphatic heterocycles. The lowest BCUT2D eigenvalue weighted by atomic mass is 9.77. The molecule has 6 heteroatoms. The van der Waals surface area contributed by atoms with E-state index in [1.165, 1.54) is 6.33 Å². The smallest absolute Gasteiger partial charge is 0.242 e. The molecule has 1 aromatic carbocycles. The van der Waals surface area contributed by atoms with Gasteiger partial charge < -0.3 is 10.6 Å². The van der Waals surface area contributed by atoms with E-state index in [4.69, 9.17) is 0 Å². The highest BCUT2D eigenvalue weighted by Gasteiger charge is 2.37. The van der Waals surface area contributed by atoms with Crippen LogP contribution in [0, 0.1) is 5.41 Å². The zero-order chi connectivity index (χ0) is 16.3. The summed E-state index contributed by atoms with van der Waals surface area (Å²) in [4.78, 5) is 16.6. The van der Waals surface area contributed by atoms with Gasteiger partial charge in [0.1, 0.15) is 12.7 Å². The summed E-state index contributed by atoms with van der Waals surface area (Å²) in [5, 5.41) is 10.5. The Hall–Kier alpha value is -2.21. The van der Waals surface area contributed by atoms with E-state index in [2.05, 4.69) is 34.6 Å². The summed E-state index contributed by atoms with van der Waals surface area (Å²) in [6.07, 6.45) is 5.37. The van der Waals surface area contributed by atoms with Crippen molar-refractivity contribution in [2.75, 3.05) is 11.9 Å². The molecule has 3 rings (SSSR count). The average Bonchev–Trinajstić information content (AvgIpc) is 3.00. The largest absolute Gasteiger partial charge is 0.325 e. The molecule has 6 nitrogen and oxygen atoms in total. The van der Waals surface area contributed by atoms with Crippen LogP contribution in [-0.4, -0.2) is 33.3 Å². The van der Waals surface area contributed by atoms with Crippen LogP contribution in [0.4, 0.5) is 5.69 Å². The minimum Gasteiger partial charge on any atom is -0.325 e. The summed E-state index contributed by atoms with van der Waals surface area (Å²) in [5.74, 6) is 0.0348. The Bertz CT molecular complexity index is 665. The summed E-state index contributed by atoms with van der Waals surface area (Å²) in [5.41, 5.74) is 1.86. The maximum atomic E-state index is 12.6. The fourth-order valence-electron chi connectivity index (χ4n) is 3.12. The molecule has 1 saturated heterocycles. The van der Waals surface area contributed by atoms with E-state index < -0.39 is 0 Å². The first-order valence-corrected chi connectivity index (χ1v) is 8.00. The van der Waals surface area contributed by atoms with Crippen molar-refractivity contribution in [2.45, 2.75) is 39.3 Å². The fraction of sp³-hybridized carbons (Fsp3) is 0.471. The van der Waals surface area contributed by atoms with E-state index in [1.807, 2.05) is 24.3 Å². The minimum atomic E-state index is -0.157. The lowest BCUT2D eigenvalue weighted by Crippen LogP contribution is -2.53. The molecule has 1 fully saturated rings. The second-order valence-corrected chi connectivity index (χ2v) is 6.76. The fourth-order valence-corrected chi connectivity index (χ4v) is 3.12. The van der Waals surface area contributed by atoms with E-state index in [0.717, 1.165) is 30.6 Å². The number of hydrogen-bond acceptors (Lipinski definition) is 4. The van der Waals surface area contributed by atoms with Crippen LogP contribution < -0.4 is 10.6 Å². The number of carbonyl (C=O) groups excluding carboxylic acids is 1. The summed E-state index contributed by atoms with van der Waals surface area (Å²) in [7, 11) is 0. The number of nitrogens with one attached hydrogen (secondary N) is 2. The number of nitrogens with zero attached hydrogens (tertiary/aromatic N) is 3. The second kappa shape index (κ2) is 6.50. The van der Waals surface area contributed by atoms with Gasteiger partial charge in [-0.3, -0.25) is 4.79 Å². The van der Waals surface area contributed by atoms with Gasteiger partial charge in [0.25, 0.3) is 0 Å². The van der Waals surface area contributed by atoms with Gasteiger partial charge in [-0.1, -0.05) is 26.0 Å². The van der Waals surface area contributed by atoms with Gasteiger partial charge in [-0.05, 0) is 42.5 Å². The standard InChI is InChI=1S/C17H23N5O/c1-17(2)7-4-8-19-15(17)16(23)21-14-6-3-5-13(9-14)10-22-12-18-11-20-22/h3,5-6,9,11-12,15,19H,4,7-8,10H2,1-2H3,(H,21,23). The molecule has 1 aliphatic rings. The van der Waals surface area contributed by atoms with Crippen LogP contribution in [0.2, 0.25) is 0 Å². The lowest BCUT2D eigenvalue weighted by molar-refractivity contribution is -0.121. The van der Waals surface area contributed by atoms with Crippen molar-refractivity contribution in [1.29, 1.82) is 0 Å². The highest BCUT2D eigenvalue weighted by Crippen LogP contribution is 2.30. The molecule has 0 saturated carbocycles. The van der Waals surface area contributed by atoms with Gasteiger partial charge in [-0.15, -0.1) is 0 Å². The molecule has 2 N–H and O–H groups in total. The van der Waals surface area contributed by atoms with Crippen LogP contribution in [0.15, 0.2) is 36.9 Å². The Labute approximate surface area is 136 Å². The highest BCUT2D eigenvalue weighted by atomic mass is 16.2. The van der Waals surface area contributed by atoms with E-state index in [1.54, 1.807) is 11.0 Å². The van der Waals surface area contributed by atoms with Gasteiger partial charge >= 0.3 is 0 Å². The molecule has 2 heterocycles. The number of carbonyl (C=O) groups is 1. The number of hydrogen-bond donors (Lipinski definition) is 2. The number of benzene rings is 1. The van der Waals surface area contributed by atoms with Crippen molar-refractivity contribution in [3.63, 3.8) is 0 Å². The molecule has 0 spiro atoms. The quantitative estimate of drug-likeness (QED) is 0.906. The number of rotatable bonds is 4. The average molecular weight is 313 g/mol. The molecule has 1 aromatic heterocycles. The van der Waals surface area contributed by atoms with Crippen molar-refractivity contribution in [3.8, 4) is 0 Å². The monoisotopic (exact) mass is 313 g/mol. The zero-order valence-electron chi connectivity index (χ0n) is 13.6. The molecule has 0 aliphatic carbocycles. The molecule has 1 atom stereocenters. The van der Waals surface area contributed by atoms with E-state index in [0.29, 0.717) is 6.54 Å². The molecular formula is C17H23N5O. The van der Waals surface area contributed by atoms with Crippen molar-refractivity contribution in [1.82, 2.24) is 20.1 Å². The molecule has 1 unspecified atom stereocenters. The van der Waals surface area contributed by atoms with Crippen LogP contribution in [-0.2, 0) is 11.3 Å². The minimum absolute atomic E-state index is 0.0271. The van der Waals surface area contributed by atoms with Gasteiger partial charge in [-0.25, -0.2) is 9.67 Å². The Kier molecular flexibility index (Phi) is 4.43. The predicted octanol–water partition coefficient (Wildman–Crippen LogP) is 2.04. The molecule has 23 heavy (non-hydrogen) atoms. The van der Waals surface area contributed by atoms with Gasteiger partial charge in [0.2, 0.25) is 5.91 Å². The molecular weight excluding hydrogens is 290 g/mol. The Morgan fingerprint density at radius 1 is 1.48 bits per heavy atom. The Morgan fingerprint density at radius 2 is 2.35 bits per heavy atom. The molecule has 2 aromatic rings. The topological polar surface area (TPSA) is 71.8 Å². The number of anilines is 1. The van der Waals surface area contributed by atoms with Crippen LogP contribution in [0.5, 0.6) is 0 Å². The lowest BCUT2D eigenvalue weighted by Gasteiger charge is -2.38. The number of amides is 1. The van der Waals surface area contributed by atoms with Crippen molar-refractivity contribution in [3.05, 3.63) is 42.5 Å². The zero-order valence-corrected chi connectivity index (χ0v) is 13.6. The third kappa shape index (κ3) is 3.76. The molecule has 1 amide bonds. The van der Waals surface area contributed by atoms with Crippen molar-refractivity contribution < 1.29 is 4.79 Å². The Balaban J connectivity index is 1.68. The van der Waals surface area contributed by atoms with Crippen LogP contribution >= 0.6 is 0 Å². The van der Waals surface area contributed by atoms with Gasteiger partial charge in [0, 0.05) is 5.69 Å². The number of aromatic nitrogens is 3. The molecule has 0 bridgehead atoms. The van der Waals surface area contributed by atoms with Gasteiger partial charge in [-0.2, -0.15) is 5.10 Å². The van der Waals surface area contributed by atoms with Gasteiger partial charge in [0.05, 0.1) is 12.6 Å². The summed E-state index contributed by atoms with van der Waals surface area (Å²) in [6.45, 7) is 5.82. The van der Waals surface area contributed by atoms with E-state index in [-0.39, 0.29) is 17.4 Å². The maximum Gasteiger partial charge on any atom is 0.242 e. The van der Waals surface area contributed by atoms with Crippen molar-refractivity contribution in [2.24, 2.45) is 5.41 Å². The highest BCUT2D eigenvalue weighted by molar-refractivity contribution is 5.95. The Morgan fingerprint density at radius 3 is 3.09 bits per heavy atom. The summed E-state index contributed by atoms with van der Waals surface area (Å²) >= 11 is 0. The number of piperidine rings is 1. The maximum absolute atomic E-state index is 12.6. The first-order chi connectivity index (χ1) is 11.0. The van der Waals surface area contributed by atoms with Crippen LogP contribution in [0.1, 0.15) is 32.3 Å². The van der Waals surface area contributed by atoms with Crippen LogP contribution in [0.3, 0.4) is 0 Å². The summed E-state index contributed by atoms with van der Waals surface area (Å²) in [6, 6.07) is 7.70. The first-order valence-electron chi connectivity index (χ1n) is 8.00. The SMILES string of the molecule is CC1(C)CCCNC1C(=O)Nc1cccc(Cn2cncn2)c1. The van der Waals surface area contributed by atoms with Gasteiger partial charge in [0.15, 0.2) is 0 Å². The van der Waals surface area contributed by atoms with E-state index >= 15 is 0 Å². The van der Waals surface area contributed by atoms with Crippen molar-refractivity contribution >= 4 is 11.6 Å². The molecule has 0 radical (unpaired) electrons. The third-order valence-electron chi connectivity index (χ3n) is 4.40. The van der Waals surface area contributed by atoms with Crippen LogP contribution in [0.25, 0.3) is 0 Å². The molecule has 122 valence electrons. The third-order valence-corrected chi connectivity index (χ3v) is 4.40. The summed E-state index contributed by atoms with van der Waals surface area (Å²) < 4.78 is 1.76. The first kappa shape index (κ1) is 15.7. The second-order valence-electron chi connectivity index (χ2n) is 6.76. The van der Waals surface area contributed by atoms with E-state index in [9.17, 15) is 4.79 Å².